The number of carboxylic acids is 1. The van der Waals surface area contributed by atoms with E-state index < -0.39 is 10.9 Å². The van der Waals surface area contributed by atoms with Crippen LogP contribution in [0.4, 0.5) is 11.4 Å². The van der Waals surface area contributed by atoms with Gasteiger partial charge < -0.3 is 16.2 Å². The average Bonchev–Trinajstić information content (AvgIpc) is 2.25. The lowest BCUT2D eigenvalue weighted by Gasteiger charge is -2.05. The number of carboxylic acid groups (broad SMARTS) is 1. The predicted molar refractivity (Wildman–Crippen MR) is 64.8 cm³/mol. The van der Waals surface area contributed by atoms with Gasteiger partial charge >= 0.3 is 5.97 Å². The number of nitro groups is 1. The number of nitrogens with one attached hydrogen (secondary N) is 1. The highest BCUT2D eigenvalue weighted by atomic mass is 35.5. The van der Waals surface area contributed by atoms with Crippen molar-refractivity contribution < 1.29 is 14.8 Å². The lowest BCUT2D eigenvalue weighted by Crippen LogP contribution is -2.14. The molecule has 0 bridgehead atoms. The van der Waals surface area contributed by atoms with Crippen molar-refractivity contribution >= 4 is 29.8 Å². The number of halogens is 1. The maximum absolute atomic E-state index is 10.7. The molecule has 0 saturated carbocycles. The third-order valence-corrected chi connectivity index (χ3v) is 1.90. The number of carbonyl (C=O) groups is 1. The van der Waals surface area contributed by atoms with Gasteiger partial charge in [0.25, 0.3) is 5.69 Å². The van der Waals surface area contributed by atoms with Crippen molar-refractivity contribution in [3.05, 3.63) is 33.9 Å². The number of aromatic carboxylic acids is 1. The third-order valence-electron chi connectivity index (χ3n) is 1.90. The molecule has 0 radical (unpaired) electrons. The molecule has 1 aromatic carbocycles. The van der Waals surface area contributed by atoms with Crippen LogP contribution < -0.4 is 11.1 Å². The van der Waals surface area contributed by atoms with Crippen molar-refractivity contribution in [3.63, 3.8) is 0 Å². The van der Waals surface area contributed by atoms with Gasteiger partial charge in [0.15, 0.2) is 0 Å². The van der Waals surface area contributed by atoms with Crippen LogP contribution in [0.3, 0.4) is 0 Å². The number of benzene rings is 1. The fourth-order valence-corrected chi connectivity index (χ4v) is 1.17. The van der Waals surface area contributed by atoms with Crippen LogP contribution in [-0.4, -0.2) is 29.1 Å². The second-order valence-electron chi connectivity index (χ2n) is 3.01. The highest BCUT2D eigenvalue weighted by molar-refractivity contribution is 5.89. The molecule has 1 rings (SSSR count). The number of nitro benzene ring substituents is 1. The van der Waals surface area contributed by atoms with E-state index in [9.17, 15) is 14.9 Å². The number of hydrogen-bond donors (Lipinski definition) is 3. The van der Waals surface area contributed by atoms with Crippen LogP contribution >= 0.6 is 12.4 Å². The number of nitrogens with two attached hydrogens (primary N) is 1. The van der Waals surface area contributed by atoms with E-state index in [1.807, 2.05) is 0 Å². The van der Waals surface area contributed by atoms with Crippen LogP contribution in [0.15, 0.2) is 18.2 Å². The first-order chi connectivity index (χ1) is 7.56. The van der Waals surface area contributed by atoms with E-state index in [0.29, 0.717) is 13.1 Å². The van der Waals surface area contributed by atoms with Gasteiger partial charge in [-0.1, -0.05) is 0 Å². The molecule has 0 spiro atoms. The Hall–Kier alpha value is -1.86. The molecule has 0 aromatic heterocycles. The summed E-state index contributed by atoms with van der Waals surface area (Å²) in [4.78, 5) is 20.7. The van der Waals surface area contributed by atoms with Crippen LogP contribution in [-0.2, 0) is 0 Å². The molecule has 0 aliphatic rings. The Morgan fingerprint density at radius 3 is 2.65 bits per heavy atom. The lowest BCUT2D eigenvalue weighted by atomic mass is 10.1. The summed E-state index contributed by atoms with van der Waals surface area (Å²) in [7, 11) is 0. The Morgan fingerprint density at radius 1 is 1.53 bits per heavy atom. The zero-order valence-corrected chi connectivity index (χ0v) is 9.57. The second kappa shape index (κ2) is 6.66. The zero-order valence-electron chi connectivity index (χ0n) is 8.75. The number of anilines is 1. The molecule has 0 aliphatic carbocycles. The molecular weight excluding hydrogens is 250 g/mol. The van der Waals surface area contributed by atoms with E-state index in [1.54, 1.807) is 0 Å². The minimum atomic E-state index is -1.20. The highest BCUT2D eigenvalue weighted by Crippen LogP contribution is 2.25. The molecule has 4 N–H and O–H groups in total. The standard InChI is InChI=1S/C9H11N3O4.ClH/c10-3-4-11-7-2-1-6(9(13)14)5-8(7)12(15)16;/h1-2,5,11H,3-4,10H2,(H,13,14);1H. The van der Waals surface area contributed by atoms with Crippen LogP contribution in [0.25, 0.3) is 0 Å². The van der Waals surface area contributed by atoms with Gasteiger partial charge in [-0.2, -0.15) is 0 Å². The van der Waals surface area contributed by atoms with Gasteiger partial charge in [-0.25, -0.2) is 4.79 Å². The first kappa shape index (κ1) is 15.1. The minimum Gasteiger partial charge on any atom is -0.478 e. The van der Waals surface area contributed by atoms with E-state index in [2.05, 4.69) is 5.32 Å². The zero-order chi connectivity index (χ0) is 12.1. The molecular formula is C9H12ClN3O4. The molecule has 7 nitrogen and oxygen atoms in total. The molecule has 8 heteroatoms. The topological polar surface area (TPSA) is 118 Å². The molecule has 94 valence electrons. The molecule has 0 amide bonds. The summed E-state index contributed by atoms with van der Waals surface area (Å²) < 4.78 is 0. The highest BCUT2D eigenvalue weighted by Gasteiger charge is 2.16. The van der Waals surface area contributed by atoms with Crippen molar-refractivity contribution in [1.29, 1.82) is 0 Å². The van der Waals surface area contributed by atoms with Gasteiger partial charge in [0.1, 0.15) is 5.69 Å². The van der Waals surface area contributed by atoms with Crippen molar-refractivity contribution in [1.82, 2.24) is 0 Å². The molecule has 0 fully saturated rings. The summed E-state index contributed by atoms with van der Waals surface area (Å²) in [6, 6.07) is 3.67. The predicted octanol–water partition coefficient (Wildman–Crippen LogP) is 1.09. The van der Waals surface area contributed by atoms with Crippen LogP contribution in [0.1, 0.15) is 10.4 Å². The van der Waals surface area contributed by atoms with E-state index >= 15 is 0 Å². The minimum absolute atomic E-state index is 0. The van der Waals surface area contributed by atoms with Crippen molar-refractivity contribution in [3.8, 4) is 0 Å². The maximum Gasteiger partial charge on any atom is 0.335 e. The third kappa shape index (κ3) is 3.89. The van der Waals surface area contributed by atoms with E-state index in [1.165, 1.54) is 12.1 Å². The molecule has 17 heavy (non-hydrogen) atoms. The lowest BCUT2D eigenvalue weighted by molar-refractivity contribution is -0.384. The Labute approximate surface area is 103 Å². The average molecular weight is 262 g/mol. The Bertz CT molecular complexity index is 425. The van der Waals surface area contributed by atoms with Crippen LogP contribution in [0.5, 0.6) is 0 Å². The van der Waals surface area contributed by atoms with Crippen LogP contribution in [0.2, 0.25) is 0 Å². The van der Waals surface area contributed by atoms with E-state index in [0.717, 1.165) is 6.07 Å². The van der Waals surface area contributed by atoms with Crippen LogP contribution in [0, 0.1) is 10.1 Å². The van der Waals surface area contributed by atoms with Gasteiger partial charge in [0.2, 0.25) is 0 Å². The van der Waals surface area contributed by atoms with Crippen molar-refractivity contribution in [2.24, 2.45) is 5.73 Å². The molecule has 0 unspecified atom stereocenters. The van der Waals surface area contributed by atoms with Crippen molar-refractivity contribution in [2.75, 3.05) is 18.4 Å². The largest absolute Gasteiger partial charge is 0.478 e. The molecule has 0 aliphatic heterocycles. The Kier molecular flexibility index (Phi) is 5.94. The first-order valence-corrected chi connectivity index (χ1v) is 4.52. The monoisotopic (exact) mass is 261 g/mol. The number of hydrogen-bond acceptors (Lipinski definition) is 5. The summed E-state index contributed by atoms with van der Waals surface area (Å²) >= 11 is 0. The fraction of sp³-hybridized carbons (Fsp3) is 0.222. The number of rotatable bonds is 5. The van der Waals surface area contributed by atoms with Gasteiger partial charge in [0, 0.05) is 19.2 Å². The van der Waals surface area contributed by atoms with Crippen molar-refractivity contribution in [2.45, 2.75) is 0 Å². The normalized spacial score (nSPS) is 9.24. The number of nitrogens with zero attached hydrogens (tertiary/aromatic N) is 1. The molecule has 0 heterocycles. The molecule has 1 aromatic rings. The summed E-state index contributed by atoms with van der Waals surface area (Å²) in [5, 5.41) is 22.1. The first-order valence-electron chi connectivity index (χ1n) is 4.52. The summed E-state index contributed by atoms with van der Waals surface area (Å²) in [5.74, 6) is -1.20. The molecule has 0 atom stereocenters. The quantitative estimate of drug-likeness (QED) is 0.539. The Morgan fingerprint density at radius 2 is 2.18 bits per heavy atom. The Balaban J connectivity index is 0.00000256. The van der Waals surface area contributed by atoms with Gasteiger partial charge in [-0.15, -0.1) is 12.4 Å². The summed E-state index contributed by atoms with van der Waals surface area (Å²) in [6.07, 6.45) is 0. The van der Waals surface area contributed by atoms with Gasteiger partial charge in [0.05, 0.1) is 10.5 Å². The summed E-state index contributed by atoms with van der Waals surface area (Å²) in [5.41, 5.74) is 5.13. The SMILES string of the molecule is Cl.NCCNc1ccc(C(=O)O)cc1[N+](=O)[O-]. The fourth-order valence-electron chi connectivity index (χ4n) is 1.17. The second-order valence-corrected chi connectivity index (χ2v) is 3.01. The van der Waals surface area contributed by atoms with E-state index in [4.69, 9.17) is 10.8 Å². The smallest absolute Gasteiger partial charge is 0.335 e. The van der Waals surface area contributed by atoms with E-state index in [-0.39, 0.29) is 29.3 Å². The van der Waals surface area contributed by atoms with Gasteiger partial charge in [-0.05, 0) is 12.1 Å². The van der Waals surface area contributed by atoms with Gasteiger partial charge in [-0.3, -0.25) is 10.1 Å². The summed E-state index contributed by atoms with van der Waals surface area (Å²) in [6.45, 7) is 0.713. The maximum atomic E-state index is 10.7. The molecule has 0 saturated heterocycles.